The first-order valence-corrected chi connectivity index (χ1v) is 11.8. The number of fused-ring (bicyclic) bond motifs is 1. The number of hydrogen-bond acceptors (Lipinski definition) is 6. The monoisotopic (exact) mass is 495 g/mol. The minimum atomic E-state index is -4.53. The van der Waals surface area contributed by atoms with Crippen LogP contribution in [0.2, 0.25) is 0 Å². The normalized spacial score (nSPS) is 11.8. The number of nitrogens with zero attached hydrogens (tertiary/aromatic N) is 2. The molecular formula is C24H28F3N3O3S. The molecule has 3 rings (SSSR count). The van der Waals surface area contributed by atoms with Crippen LogP contribution in [0, 0.1) is 6.92 Å². The minimum Gasteiger partial charge on any atom is -0.493 e. The number of rotatable bonds is 10. The number of amides is 1. The quantitative estimate of drug-likeness (QED) is 0.415. The second-order valence-electron chi connectivity index (χ2n) is 7.65. The Kier molecular flexibility index (Phi) is 8.37. The Labute approximate surface area is 200 Å². The Morgan fingerprint density at radius 1 is 1.15 bits per heavy atom. The Balaban J connectivity index is 1.67. The van der Waals surface area contributed by atoms with Gasteiger partial charge in [0.2, 0.25) is 0 Å². The van der Waals surface area contributed by atoms with E-state index in [1.54, 1.807) is 26.2 Å². The number of alkyl halides is 3. The smallest absolute Gasteiger partial charge is 0.433 e. The Bertz CT molecular complexity index is 1140. The van der Waals surface area contributed by atoms with Gasteiger partial charge in [-0.3, -0.25) is 4.79 Å². The molecule has 1 N–H and O–H groups in total. The van der Waals surface area contributed by atoms with Crippen LogP contribution >= 0.6 is 11.3 Å². The molecule has 184 valence electrons. The van der Waals surface area contributed by atoms with Crippen LogP contribution in [0.1, 0.15) is 40.3 Å². The molecule has 0 atom stereocenters. The van der Waals surface area contributed by atoms with E-state index < -0.39 is 11.9 Å². The van der Waals surface area contributed by atoms with Crippen LogP contribution in [0.5, 0.6) is 11.5 Å². The van der Waals surface area contributed by atoms with E-state index in [-0.39, 0.29) is 17.3 Å². The molecular weight excluding hydrogens is 467 g/mol. The minimum absolute atomic E-state index is 0.186. The van der Waals surface area contributed by atoms with Gasteiger partial charge < -0.3 is 19.7 Å². The zero-order chi connectivity index (χ0) is 24.9. The molecule has 0 bridgehead atoms. The fourth-order valence-electron chi connectivity index (χ4n) is 3.50. The summed E-state index contributed by atoms with van der Waals surface area (Å²) in [6.07, 6.45) is -4.53. The van der Waals surface area contributed by atoms with Gasteiger partial charge in [0, 0.05) is 18.5 Å². The maximum atomic E-state index is 13.0. The average molecular weight is 496 g/mol. The first-order chi connectivity index (χ1) is 16.2. The lowest BCUT2D eigenvalue weighted by Gasteiger charge is -2.19. The van der Waals surface area contributed by atoms with Crippen molar-refractivity contribution in [2.45, 2.75) is 33.5 Å². The fourth-order valence-corrected chi connectivity index (χ4v) is 4.60. The van der Waals surface area contributed by atoms with Crippen LogP contribution in [0.25, 0.3) is 10.2 Å². The van der Waals surface area contributed by atoms with Gasteiger partial charge in [-0.1, -0.05) is 19.9 Å². The van der Waals surface area contributed by atoms with E-state index in [4.69, 9.17) is 9.47 Å². The number of thiophene rings is 1. The van der Waals surface area contributed by atoms with E-state index in [1.165, 1.54) is 6.07 Å². The summed E-state index contributed by atoms with van der Waals surface area (Å²) in [6, 6.07) is 7.72. The number of nitrogens with one attached hydrogen (secondary N) is 1. The first-order valence-electron chi connectivity index (χ1n) is 11.0. The third kappa shape index (κ3) is 5.98. The summed E-state index contributed by atoms with van der Waals surface area (Å²) in [5.74, 6) is 0.817. The highest BCUT2D eigenvalue weighted by Crippen LogP contribution is 2.34. The van der Waals surface area contributed by atoms with E-state index in [2.05, 4.69) is 29.0 Å². The van der Waals surface area contributed by atoms with Crippen LogP contribution in [-0.2, 0) is 12.7 Å². The summed E-state index contributed by atoms with van der Waals surface area (Å²) in [4.78, 5) is 19.2. The van der Waals surface area contributed by atoms with Gasteiger partial charge in [0.05, 0.1) is 12.0 Å². The summed E-state index contributed by atoms with van der Waals surface area (Å²) in [6.45, 7) is 9.38. The van der Waals surface area contributed by atoms with Crippen molar-refractivity contribution in [3.63, 3.8) is 0 Å². The number of benzene rings is 1. The number of pyridine rings is 1. The van der Waals surface area contributed by atoms with Gasteiger partial charge in [-0.05, 0) is 55.4 Å². The van der Waals surface area contributed by atoms with Crippen molar-refractivity contribution in [1.82, 2.24) is 15.2 Å². The van der Waals surface area contributed by atoms with Crippen molar-refractivity contribution >= 4 is 27.5 Å². The van der Waals surface area contributed by atoms with Crippen LogP contribution in [0.3, 0.4) is 0 Å². The van der Waals surface area contributed by atoms with Crippen LogP contribution < -0.4 is 14.8 Å². The number of carbonyl (C=O) groups is 1. The summed E-state index contributed by atoms with van der Waals surface area (Å²) in [5, 5.41) is 3.36. The number of halogens is 3. The lowest BCUT2D eigenvalue weighted by atomic mass is 10.1. The topological polar surface area (TPSA) is 63.7 Å². The summed E-state index contributed by atoms with van der Waals surface area (Å²) >= 11 is 0.951. The summed E-state index contributed by atoms with van der Waals surface area (Å²) in [7, 11) is 1.55. The highest BCUT2D eigenvalue weighted by atomic mass is 32.1. The Morgan fingerprint density at radius 2 is 1.88 bits per heavy atom. The van der Waals surface area contributed by atoms with E-state index in [9.17, 15) is 18.0 Å². The number of hydrogen-bond donors (Lipinski definition) is 1. The second kappa shape index (κ2) is 11.1. The van der Waals surface area contributed by atoms with Gasteiger partial charge in [0.25, 0.3) is 5.91 Å². The van der Waals surface area contributed by atoms with E-state index in [1.807, 2.05) is 6.07 Å². The summed E-state index contributed by atoms with van der Waals surface area (Å²) < 4.78 is 50.2. The molecule has 2 heterocycles. The molecule has 6 nitrogen and oxygen atoms in total. The maximum Gasteiger partial charge on any atom is 0.433 e. The molecule has 0 spiro atoms. The number of aryl methyl sites for hydroxylation is 1. The van der Waals surface area contributed by atoms with Crippen molar-refractivity contribution in [3.8, 4) is 11.5 Å². The number of carbonyl (C=O) groups excluding carboxylic acids is 1. The van der Waals surface area contributed by atoms with Crippen molar-refractivity contribution in [3.05, 3.63) is 52.0 Å². The van der Waals surface area contributed by atoms with Crippen LogP contribution in [0.15, 0.2) is 30.3 Å². The lowest BCUT2D eigenvalue weighted by Crippen LogP contribution is -2.28. The first kappa shape index (κ1) is 25.8. The average Bonchev–Trinajstić information content (AvgIpc) is 3.16. The molecule has 10 heteroatoms. The van der Waals surface area contributed by atoms with E-state index in [0.717, 1.165) is 42.6 Å². The van der Waals surface area contributed by atoms with Crippen molar-refractivity contribution in [2.75, 3.05) is 33.4 Å². The number of ether oxygens (including phenoxy) is 2. The van der Waals surface area contributed by atoms with Crippen molar-refractivity contribution in [2.24, 2.45) is 0 Å². The Hall–Kier alpha value is -2.85. The van der Waals surface area contributed by atoms with Gasteiger partial charge in [-0.25, -0.2) is 4.98 Å². The zero-order valence-corrected chi connectivity index (χ0v) is 20.4. The van der Waals surface area contributed by atoms with Gasteiger partial charge in [-0.15, -0.1) is 11.3 Å². The molecule has 0 aliphatic heterocycles. The number of aromatic nitrogens is 1. The van der Waals surface area contributed by atoms with Crippen molar-refractivity contribution < 1.29 is 27.4 Å². The zero-order valence-electron chi connectivity index (χ0n) is 19.6. The molecule has 0 aliphatic carbocycles. The largest absolute Gasteiger partial charge is 0.493 e. The van der Waals surface area contributed by atoms with E-state index in [0.29, 0.717) is 33.9 Å². The van der Waals surface area contributed by atoms with Gasteiger partial charge >= 0.3 is 6.18 Å². The Morgan fingerprint density at radius 3 is 2.53 bits per heavy atom. The van der Waals surface area contributed by atoms with Crippen molar-refractivity contribution in [1.29, 1.82) is 0 Å². The maximum absolute atomic E-state index is 13.0. The second-order valence-corrected chi connectivity index (χ2v) is 8.65. The molecule has 3 aromatic rings. The third-order valence-electron chi connectivity index (χ3n) is 5.54. The number of likely N-dealkylation sites (N-methyl/N-ethyl adjacent to an activating group) is 1. The molecule has 1 amide bonds. The molecule has 1 aromatic carbocycles. The molecule has 0 unspecified atom stereocenters. The molecule has 0 aliphatic rings. The molecule has 0 fully saturated rings. The van der Waals surface area contributed by atoms with E-state index >= 15 is 0 Å². The van der Waals surface area contributed by atoms with Gasteiger partial charge in [-0.2, -0.15) is 13.2 Å². The highest BCUT2D eigenvalue weighted by Gasteiger charge is 2.33. The molecule has 2 aromatic heterocycles. The standard InChI is InChI=1S/C24H28F3N3O3S/c1-5-30(6-2)11-12-33-18-9-7-16(13-19(18)32-4)14-28-22(31)21-15(3)17-8-10-20(24(25,26)27)29-23(17)34-21/h7-10,13H,5-6,11-12,14H2,1-4H3,(H,28,31). The molecule has 0 radical (unpaired) electrons. The van der Waals surface area contributed by atoms with Gasteiger partial charge in [0.1, 0.15) is 17.1 Å². The van der Waals surface area contributed by atoms with Crippen LogP contribution in [0.4, 0.5) is 13.2 Å². The predicted molar refractivity (Wildman–Crippen MR) is 127 cm³/mol. The molecule has 34 heavy (non-hydrogen) atoms. The molecule has 0 saturated heterocycles. The SMILES string of the molecule is CCN(CC)CCOc1ccc(CNC(=O)c2sc3nc(C(F)(F)F)ccc3c2C)cc1OC. The predicted octanol–water partition coefficient (Wildman–Crippen LogP) is 5.28. The lowest BCUT2D eigenvalue weighted by molar-refractivity contribution is -0.140. The van der Waals surface area contributed by atoms with Gasteiger partial charge in [0.15, 0.2) is 11.5 Å². The number of methoxy groups -OCH3 is 1. The van der Waals surface area contributed by atoms with Crippen LogP contribution in [-0.4, -0.2) is 49.1 Å². The highest BCUT2D eigenvalue weighted by molar-refractivity contribution is 7.20. The summed E-state index contributed by atoms with van der Waals surface area (Å²) in [5.41, 5.74) is 0.436. The molecule has 0 saturated carbocycles. The fraction of sp³-hybridized carbons (Fsp3) is 0.417. The third-order valence-corrected chi connectivity index (χ3v) is 6.74.